The second-order valence-electron chi connectivity index (χ2n) is 3.63. The van der Waals surface area contributed by atoms with Crippen molar-refractivity contribution in [1.29, 1.82) is 0 Å². The van der Waals surface area contributed by atoms with Gasteiger partial charge in [-0.15, -0.1) is 0 Å². The molecule has 0 heterocycles. The van der Waals surface area contributed by atoms with Crippen LogP contribution in [0.5, 0.6) is 11.5 Å². The summed E-state index contributed by atoms with van der Waals surface area (Å²) in [6.07, 6.45) is 0.795. The van der Waals surface area contributed by atoms with Gasteiger partial charge >= 0.3 is 5.97 Å². The number of phenols is 1. The maximum absolute atomic E-state index is 10.5. The smallest absolute Gasteiger partial charge is 0.303 e. The SMILES string of the molecule is CCc1cc(OC)c(O)c(CCC(=O)O)c1Cl. The molecule has 0 amide bonds. The van der Waals surface area contributed by atoms with Crippen LogP contribution >= 0.6 is 11.6 Å². The number of carboxylic acids is 1. The van der Waals surface area contributed by atoms with Crippen LogP contribution in [0.25, 0.3) is 0 Å². The van der Waals surface area contributed by atoms with Gasteiger partial charge in [-0.25, -0.2) is 0 Å². The highest BCUT2D eigenvalue weighted by Crippen LogP contribution is 2.38. The lowest BCUT2D eigenvalue weighted by atomic mass is 10.0. The van der Waals surface area contributed by atoms with Gasteiger partial charge in [0.1, 0.15) is 0 Å². The van der Waals surface area contributed by atoms with Crippen molar-refractivity contribution >= 4 is 17.6 Å². The van der Waals surface area contributed by atoms with E-state index in [1.54, 1.807) is 6.07 Å². The Labute approximate surface area is 105 Å². The van der Waals surface area contributed by atoms with Crippen LogP contribution < -0.4 is 4.74 Å². The number of halogens is 1. The van der Waals surface area contributed by atoms with Crippen LogP contribution in [0.3, 0.4) is 0 Å². The van der Waals surface area contributed by atoms with Gasteiger partial charge < -0.3 is 14.9 Å². The number of aromatic hydroxyl groups is 1. The maximum Gasteiger partial charge on any atom is 0.303 e. The first-order valence-corrected chi connectivity index (χ1v) is 5.68. The van der Waals surface area contributed by atoms with Gasteiger partial charge in [-0.05, 0) is 24.5 Å². The molecule has 94 valence electrons. The van der Waals surface area contributed by atoms with Crippen molar-refractivity contribution in [2.45, 2.75) is 26.2 Å². The predicted molar refractivity (Wildman–Crippen MR) is 65.0 cm³/mol. The van der Waals surface area contributed by atoms with Crippen LogP contribution in [0.2, 0.25) is 5.02 Å². The van der Waals surface area contributed by atoms with Crippen molar-refractivity contribution in [3.05, 3.63) is 22.2 Å². The molecule has 0 aliphatic heterocycles. The number of phenolic OH excluding ortho intramolecular Hbond substituents is 1. The summed E-state index contributed by atoms with van der Waals surface area (Å²) in [6.45, 7) is 1.93. The molecule has 0 bridgehead atoms. The van der Waals surface area contributed by atoms with Crippen LogP contribution in [0.4, 0.5) is 0 Å². The third-order valence-electron chi connectivity index (χ3n) is 2.56. The standard InChI is InChI=1S/C12H15ClO4/c1-3-7-6-9(17-2)12(16)8(11(7)13)4-5-10(14)15/h6,16H,3-5H2,1-2H3,(H,14,15). The van der Waals surface area contributed by atoms with Crippen LogP contribution in [0.1, 0.15) is 24.5 Å². The number of carboxylic acid groups (broad SMARTS) is 1. The number of ether oxygens (including phenoxy) is 1. The summed E-state index contributed by atoms with van der Waals surface area (Å²) in [6, 6.07) is 1.67. The zero-order valence-electron chi connectivity index (χ0n) is 9.79. The Morgan fingerprint density at radius 3 is 2.65 bits per heavy atom. The molecule has 0 aliphatic carbocycles. The van der Waals surface area contributed by atoms with Crippen LogP contribution in [-0.2, 0) is 17.6 Å². The van der Waals surface area contributed by atoms with Gasteiger partial charge in [-0.3, -0.25) is 4.79 Å². The van der Waals surface area contributed by atoms with Crippen molar-refractivity contribution < 1.29 is 19.7 Å². The first-order valence-electron chi connectivity index (χ1n) is 5.30. The first kappa shape index (κ1) is 13.6. The lowest BCUT2D eigenvalue weighted by Crippen LogP contribution is -2.01. The van der Waals surface area contributed by atoms with Crippen molar-refractivity contribution in [1.82, 2.24) is 0 Å². The second-order valence-corrected chi connectivity index (χ2v) is 4.00. The number of carbonyl (C=O) groups is 1. The van der Waals surface area contributed by atoms with E-state index in [0.29, 0.717) is 22.8 Å². The highest BCUT2D eigenvalue weighted by atomic mass is 35.5. The van der Waals surface area contributed by atoms with Crippen molar-refractivity contribution in [2.75, 3.05) is 7.11 Å². The highest BCUT2D eigenvalue weighted by Gasteiger charge is 2.16. The molecule has 0 unspecified atom stereocenters. The average molecular weight is 259 g/mol. The van der Waals surface area contributed by atoms with Gasteiger partial charge in [0, 0.05) is 12.0 Å². The van der Waals surface area contributed by atoms with Crippen molar-refractivity contribution in [3.8, 4) is 11.5 Å². The van der Waals surface area contributed by atoms with E-state index in [1.165, 1.54) is 7.11 Å². The molecule has 2 N–H and O–H groups in total. The third-order valence-corrected chi connectivity index (χ3v) is 3.03. The Hall–Kier alpha value is -1.42. The fourth-order valence-electron chi connectivity index (χ4n) is 1.61. The van der Waals surface area contributed by atoms with Crippen molar-refractivity contribution in [2.24, 2.45) is 0 Å². The minimum absolute atomic E-state index is 0.0732. The molecule has 1 aromatic carbocycles. The quantitative estimate of drug-likeness (QED) is 0.852. The van der Waals surface area contributed by atoms with Gasteiger partial charge in [0.15, 0.2) is 11.5 Å². The van der Waals surface area contributed by atoms with E-state index in [9.17, 15) is 9.90 Å². The second kappa shape index (κ2) is 5.77. The average Bonchev–Trinajstić information content (AvgIpc) is 2.29. The van der Waals surface area contributed by atoms with E-state index >= 15 is 0 Å². The molecule has 0 saturated carbocycles. The summed E-state index contributed by atoms with van der Waals surface area (Å²) in [5.41, 5.74) is 1.27. The molecular weight excluding hydrogens is 244 g/mol. The fraction of sp³-hybridized carbons (Fsp3) is 0.417. The third kappa shape index (κ3) is 3.03. The Morgan fingerprint density at radius 2 is 2.18 bits per heavy atom. The van der Waals surface area contributed by atoms with E-state index in [1.807, 2.05) is 6.92 Å². The molecule has 0 saturated heterocycles. The lowest BCUT2D eigenvalue weighted by Gasteiger charge is -2.13. The zero-order chi connectivity index (χ0) is 13.0. The number of aliphatic carboxylic acids is 1. The Kier molecular flexibility index (Phi) is 4.63. The number of aryl methyl sites for hydroxylation is 1. The minimum atomic E-state index is -0.929. The number of methoxy groups -OCH3 is 1. The normalized spacial score (nSPS) is 10.3. The van der Waals surface area contributed by atoms with Crippen LogP contribution in [0, 0.1) is 0 Å². The Balaban J connectivity index is 3.19. The largest absolute Gasteiger partial charge is 0.504 e. The van der Waals surface area contributed by atoms with Gasteiger partial charge in [0.25, 0.3) is 0 Å². The number of benzene rings is 1. The summed E-state index contributed by atoms with van der Waals surface area (Å²) in [4.78, 5) is 10.5. The zero-order valence-corrected chi connectivity index (χ0v) is 10.5. The maximum atomic E-state index is 10.5. The molecule has 0 aliphatic rings. The summed E-state index contributed by atoms with van der Waals surface area (Å²) in [5, 5.41) is 19.0. The predicted octanol–water partition coefficient (Wildman–Crippen LogP) is 2.63. The molecule has 1 rings (SSSR count). The molecule has 0 radical (unpaired) electrons. The van der Waals surface area contributed by atoms with Crippen molar-refractivity contribution in [3.63, 3.8) is 0 Å². The Bertz CT molecular complexity index is 401. The monoisotopic (exact) mass is 258 g/mol. The van der Waals surface area contributed by atoms with Gasteiger partial charge in [-0.1, -0.05) is 18.5 Å². The molecule has 5 heteroatoms. The number of hydrogen-bond acceptors (Lipinski definition) is 3. The van der Waals surface area contributed by atoms with E-state index in [4.69, 9.17) is 21.4 Å². The highest BCUT2D eigenvalue weighted by molar-refractivity contribution is 6.32. The van der Waals surface area contributed by atoms with E-state index in [0.717, 1.165) is 5.56 Å². The van der Waals surface area contributed by atoms with Gasteiger partial charge in [-0.2, -0.15) is 0 Å². The van der Waals surface area contributed by atoms with E-state index in [2.05, 4.69) is 0 Å². The molecule has 17 heavy (non-hydrogen) atoms. The van der Waals surface area contributed by atoms with E-state index < -0.39 is 5.97 Å². The topological polar surface area (TPSA) is 66.8 Å². The van der Waals surface area contributed by atoms with Gasteiger partial charge in [0.05, 0.1) is 12.1 Å². The van der Waals surface area contributed by atoms with E-state index in [-0.39, 0.29) is 18.6 Å². The summed E-state index contributed by atoms with van der Waals surface area (Å²) in [5.74, 6) is -0.677. The molecule has 0 fully saturated rings. The van der Waals surface area contributed by atoms with Crippen LogP contribution in [-0.4, -0.2) is 23.3 Å². The summed E-state index contributed by atoms with van der Waals surface area (Å²) in [7, 11) is 1.45. The Morgan fingerprint density at radius 1 is 1.53 bits per heavy atom. The molecule has 4 nitrogen and oxygen atoms in total. The molecule has 0 spiro atoms. The molecule has 0 atom stereocenters. The fourth-order valence-corrected chi connectivity index (χ4v) is 1.98. The first-order chi connectivity index (χ1) is 8.01. The summed E-state index contributed by atoms with van der Waals surface area (Å²) < 4.78 is 5.03. The number of hydrogen-bond donors (Lipinski definition) is 2. The molecular formula is C12H15ClO4. The minimum Gasteiger partial charge on any atom is -0.504 e. The lowest BCUT2D eigenvalue weighted by molar-refractivity contribution is -0.136. The van der Waals surface area contributed by atoms with Crippen LogP contribution in [0.15, 0.2) is 6.07 Å². The van der Waals surface area contributed by atoms with Gasteiger partial charge in [0.2, 0.25) is 0 Å². The molecule has 1 aromatic rings. The number of rotatable bonds is 5. The molecule has 0 aromatic heterocycles. The summed E-state index contributed by atoms with van der Waals surface area (Å²) >= 11 is 6.12.